The van der Waals surface area contributed by atoms with Crippen molar-refractivity contribution in [2.45, 2.75) is 24.9 Å². The number of carboxylic acids is 1. The average molecular weight is 518 g/mol. The highest BCUT2D eigenvalue weighted by atomic mass is 16.4. The molecule has 0 heterocycles. The van der Waals surface area contributed by atoms with Gasteiger partial charge in [-0.2, -0.15) is 0 Å². The number of aliphatic carboxylic acids is 1. The molecule has 12 N–H and O–H groups in total. The van der Waals surface area contributed by atoms with E-state index in [0.29, 0.717) is 6.41 Å². The van der Waals surface area contributed by atoms with Gasteiger partial charge in [0.25, 0.3) is 0 Å². The van der Waals surface area contributed by atoms with E-state index in [1.54, 1.807) is 0 Å². The quantitative estimate of drug-likeness (QED) is 0.0352. The zero-order chi connectivity index (χ0) is 27.5. The third kappa shape index (κ3) is 15.4. The molecule has 2 unspecified atom stereocenters. The summed E-state index contributed by atoms with van der Waals surface area (Å²) in [5.41, 5.74) is 10.3. The Balaban J connectivity index is 4.44. The Labute approximate surface area is 205 Å². The fourth-order valence-electron chi connectivity index (χ4n) is 2.35. The number of aliphatic imine (C=N–C) groups is 1. The van der Waals surface area contributed by atoms with Crippen LogP contribution >= 0.6 is 0 Å². The topological polar surface area (TPSA) is 297 Å². The number of carbonyl (C=O) groups is 7. The second-order valence-corrected chi connectivity index (χ2v) is 6.98. The standard InChI is InChI=1S/C18H31N9O9/c19-18(20)22-3-1-2-10(17(35)36)26-15(33)7-25-16(34)11(8-28)27-14(32)6-24-13(31)5-23-12(30)4-21-9-29/h9-11,28H,1-8H2,(H,21,29)(H,23,30)(H,24,31)(H,25,34)(H,26,33)(H,27,32)(H,35,36)(H4,19,20,22). The van der Waals surface area contributed by atoms with Gasteiger partial charge in [0.05, 0.1) is 32.8 Å². The van der Waals surface area contributed by atoms with Gasteiger partial charge in [-0.1, -0.05) is 0 Å². The molecule has 202 valence electrons. The summed E-state index contributed by atoms with van der Waals surface area (Å²) in [7, 11) is 0. The number of carbonyl (C=O) groups excluding carboxylic acids is 6. The molecule has 36 heavy (non-hydrogen) atoms. The molecule has 0 aromatic heterocycles. The molecular formula is C18H31N9O9. The fourth-order valence-corrected chi connectivity index (χ4v) is 2.35. The molecule has 2 atom stereocenters. The molecule has 18 heteroatoms. The van der Waals surface area contributed by atoms with Crippen LogP contribution in [0.3, 0.4) is 0 Å². The number of aliphatic hydroxyl groups is 1. The van der Waals surface area contributed by atoms with Crippen molar-refractivity contribution >= 4 is 47.9 Å². The van der Waals surface area contributed by atoms with E-state index in [4.69, 9.17) is 11.5 Å². The number of hydrogen-bond donors (Lipinski definition) is 10. The third-order valence-corrected chi connectivity index (χ3v) is 4.07. The number of amides is 6. The normalized spacial score (nSPS) is 11.6. The van der Waals surface area contributed by atoms with E-state index in [0.717, 1.165) is 0 Å². The van der Waals surface area contributed by atoms with E-state index in [-0.39, 0.29) is 31.9 Å². The van der Waals surface area contributed by atoms with Crippen LogP contribution in [-0.4, -0.2) is 110 Å². The van der Waals surface area contributed by atoms with Gasteiger partial charge in [-0.25, -0.2) is 4.79 Å². The van der Waals surface area contributed by atoms with Crippen LogP contribution in [0, 0.1) is 0 Å². The lowest BCUT2D eigenvalue weighted by Crippen LogP contribution is -2.53. The second-order valence-electron chi connectivity index (χ2n) is 6.98. The molecule has 0 spiro atoms. The monoisotopic (exact) mass is 517 g/mol. The molecule has 6 amide bonds. The Bertz CT molecular complexity index is 831. The molecule has 0 aromatic carbocycles. The SMILES string of the molecule is NC(N)=NCCCC(NC(=O)CNC(=O)C(CO)NC(=O)CNC(=O)CNC(=O)CNC=O)C(=O)O. The van der Waals surface area contributed by atoms with Gasteiger partial charge in [0.15, 0.2) is 5.96 Å². The summed E-state index contributed by atoms with van der Waals surface area (Å²) in [4.78, 5) is 83.9. The van der Waals surface area contributed by atoms with Crippen LogP contribution in [0.4, 0.5) is 0 Å². The van der Waals surface area contributed by atoms with Gasteiger partial charge >= 0.3 is 5.97 Å². The van der Waals surface area contributed by atoms with Crippen molar-refractivity contribution in [3.63, 3.8) is 0 Å². The first kappa shape index (κ1) is 31.5. The lowest BCUT2D eigenvalue weighted by molar-refractivity contribution is -0.142. The smallest absolute Gasteiger partial charge is 0.326 e. The molecule has 0 aliphatic heterocycles. The maximum absolute atomic E-state index is 12.1. The number of rotatable bonds is 18. The molecular weight excluding hydrogens is 486 g/mol. The van der Waals surface area contributed by atoms with E-state index < -0.39 is 73.8 Å². The van der Waals surface area contributed by atoms with Gasteiger partial charge in [0.2, 0.25) is 35.9 Å². The van der Waals surface area contributed by atoms with E-state index in [1.165, 1.54) is 0 Å². The van der Waals surface area contributed by atoms with Crippen molar-refractivity contribution in [3.05, 3.63) is 0 Å². The first-order valence-corrected chi connectivity index (χ1v) is 10.5. The number of aliphatic hydroxyl groups excluding tert-OH is 1. The van der Waals surface area contributed by atoms with Gasteiger partial charge in [-0.15, -0.1) is 0 Å². The first-order chi connectivity index (χ1) is 17.0. The van der Waals surface area contributed by atoms with Crippen LogP contribution in [0.2, 0.25) is 0 Å². The number of nitrogens with one attached hydrogen (secondary N) is 6. The number of hydrogen-bond acceptors (Lipinski definition) is 9. The number of nitrogens with two attached hydrogens (primary N) is 2. The van der Waals surface area contributed by atoms with E-state index >= 15 is 0 Å². The van der Waals surface area contributed by atoms with Crippen LogP contribution in [-0.2, 0) is 33.6 Å². The summed E-state index contributed by atoms with van der Waals surface area (Å²) in [5, 5.41) is 31.4. The highest BCUT2D eigenvalue weighted by Gasteiger charge is 2.23. The zero-order valence-corrected chi connectivity index (χ0v) is 19.2. The summed E-state index contributed by atoms with van der Waals surface area (Å²) in [6, 6.07) is -2.72. The van der Waals surface area contributed by atoms with Gasteiger partial charge in [-0.3, -0.25) is 33.8 Å². The minimum absolute atomic E-state index is 0.0200. The van der Waals surface area contributed by atoms with E-state index in [1.807, 2.05) is 0 Å². The van der Waals surface area contributed by atoms with Crippen molar-refractivity contribution in [1.29, 1.82) is 0 Å². The average Bonchev–Trinajstić information content (AvgIpc) is 2.83. The second kappa shape index (κ2) is 17.9. The molecule has 0 saturated carbocycles. The molecule has 0 fully saturated rings. The molecule has 0 aliphatic rings. The molecule has 0 aliphatic carbocycles. The van der Waals surface area contributed by atoms with Gasteiger partial charge in [0.1, 0.15) is 12.1 Å². The summed E-state index contributed by atoms with van der Waals surface area (Å²) in [5.74, 6) is -5.47. The van der Waals surface area contributed by atoms with Crippen molar-refractivity contribution in [1.82, 2.24) is 31.9 Å². The van der Waals surface area contributed by atoms with E-state index in [2.05, 4.69) is 36.9 Å². The van der Waals surface area contributed by atoms with Crippen molar-refractivity contribution in [2.75, 3.05) is 39.3 Å². The summed E-state index contributed by atoms with van der Waals surface area (Å²) in [6.07, 6.45) is 0.586. The van der Waals surface area contributed by atoms with Crippen molar-refractivity contribution < 1.29 is 43.8 Å². The Morgan fingerprint density at radius 1 is 0.806 bits per heavy atom. The van der Waals surface area contributed by atoms with Crippen LogP contribution in [0.1, 0.15) is 12.8 Å². The number of guanidine groups is 1. The zero-order valence-electron chi connectivity index (χ0n) is 19.2. The molecule has 18 nitrogen and oxygen atoms in total. The Hall–Kier alpha value is -4.48. The van der Waals surface area contributed by atoms with Crippen molar-refractivity contribution in [3.8, 4) is 0 Å². The van der Waals surface area contributed by atoms with Gasteiger partial charge < -0.3 is 53.6 Å². The summed E-state index contributed by atoms with van der Waals surface area (Å²) < 4.78 is 0. The predicted molar refractivity (Wildman–Crippen MR) is 122 cm³/mol. The molecule has 0 aromatic rings. The number of carboxylic acid groups (broad SMARTS) is 1. The molecule has 0 radical (unpaired) electrons. The minimum Gasteiger partial charge on any atom is -0.480 e. The Kier molecular flexibility index (Phi) is 15.7. The molecule has 0 bridgehead atoms. The maximum atomic E-state index is 12.1. The highest BCUT2D eigenvalue weighted by Crippen LogP contribution is 1.98. The van der Waals surface area contributed by atoms with Gasteiger partial charge in [0, 0.05) is 6.54 Å². The molecule has 0 rings (SSSR count). The van der Waals surface area contributed by atoms with Gasteiger partial charge in [-0.05, 0) is 12.8 Å². The Morgan fingerprint density at radius 2 is 1.33 bits per heavy atom. The lowest BCUT2D eigenvalue weighted by atomic mass is 10.1. The van der Waals surface area contributed by atoms with Crippen LogP contribution in [0.15, 0.2) is 4.99 Å². The van der Waals surface area contributed by atoms with Crippen LogP contribution in [0.5, 0.6) is 0 Å². The third-order valence-electron chi connectivity index (χ3n) is 4.07. The fraction of sp³-hybridized carbons (Fsp3) is 0.556. The summed E-state index contributed by atoms with van der Waals surface area (Å²) in [6.45, 7) is -2.72. The van der Waals surface area contributed by atoms with E-state index in [9.17, 15) is 43.8 Å². The minimum atomic E-state index is -1.47. The Morgan fingerprint density at radius 3 is 1.86 bits per heavy atom. The lowest BCUT2D eigenvalue weighted by Gasteiger charge is -2.17. The first-order valence-electron chi connectivity index (χ1n) is 10.5. The predicted octanol–water partition coefficient (Wildman–Crippen LogP) is -6.82. The van der Waals surface area contributed by atoms with Crippen molar-refractivity contribution in [2.24, 2.45) is 16.5 Å². The largest absolute Gasteiger partial charge is 0.480 e. The number of nitrogens with zero attached hydrogens (tertiary/aromatic N) is 1. The molecule has 0 saturated heterocycles. The van der Waals surface area contributed by atoms with Crippen LogP contribution in [0.25, 0.3) is 0 Å². The summed E-state index contributed by atoms with van der Waals surface area (Å²) >= 11 is 0. The van der Waals surface area contributed by atoms with Crippen LogP contribution < -0.4 is 43.4 Å². The maximum Gasteiger partial charge on any atom is 0.326 e. The highest BCUT2D eigenvalue weighted by molar-refractivity contribution is 5.93.